The molecule has 0 saturated carbocycles. The molecule has 172 valence electrons. The van der Waals surface area contributed by atoms with Crippen LogP contribution in [0.4, 0.5) is 5.82 Å². The summed E-state index contributed by atoms with van der Waals surface area (Å²) in [4.78, 5) is 34.0. The van der Waals surface area contributed by atoms with Gasteiger partial charge in [-0.05, 0) is 38.1 Å². The molecule has 0 bridgehead atoms. The first-order valence-corrected chi connectivity index (χ1v) is 10.8. The Labute approximate surface area is 191 Å². The largest absolute Gasteiger partial charge is 0.491 e. The number of amides is 1. The molecule has 32 heavy (non-hydrogen) atoms. The highest BCUT2D eigenvalue weighted by Gasteiger charge is 2.17. The lowest BCUT2D eigenvalue weighted by Gasteiger charge is -2.12. The molecule has 0 fully saturated rings. The maximum atomic E-state index is 12.7. The van der Waals surface area contributed by atoms with Crippen molar-refractivity contribution in [1.82, 2.24) is 15.3 Å². The van der Waals surface area contributed by atoms with Gasteiger partial charge in [0, 0.05) is 54.5 Å². The van der Waals surface area contributed by atoms with Gasteiger partial charge in [0.05, 0.1) is 6.61 Å². The van der Waals surface area contributed by atoms with Gasteiger partial charge in [-0.15, -0.1) is 0 Å². The molecule has 0 atom stereocenters. The number of aryl methyl sites for hydroxylation is 1. The molecular formula is C22H28N4O5S. The fourth-order valence-electron chi connectivity index (χ4n) is 2.60. The Kier molecular flexibility index (Phi) is 10.1. The second-order valence-corrected chi connectivity index (χ2v) is 7.86. The van der Waals surface area contributed by atoms with E-state index >= 15 is 0 Å². The maximum Gasteiger partial charge on any atom is 0.247 e. The van der Waals surface area contributed by atoms with Crippen LogP contribution in [-0.4, -0.2) is 53.0 Å². The molecule has 0 aliphatic carbocycles. The van der Waals surface area contributed by atoms with Crippen molar-refractivity contribution < 1.29 is 24.2 Å². The number of hydrogen-bond donors (Lipinski definition) is 3. The number of benzene rings is 1. The Morgan fingerprint density at radius 2 is 1.94 bits per heavy atom. The van der Waals surface area contributed by atoms with Gasteiger partial charge in [-0.3, -0.25) is 9.59 Å². The number of anilines is 1. The van der Waals surface area contributed by atoms with E-state index in [1.807, 2.05) is 0 Å². The first kappa shape index (κ1) is 25.3. The van der Waals surface area contributed by atoms with Crippen LogP contribution < -0.4 is 15.8 Å². The SMILES string of the molecule is COCCOc1ccc(C(=O)S/C(CCO)=C(/C)C(=O)NCc2cnc(C)nc2N)cc1. The Bertz CT molecular complexity index is 963. The first-order valence-electron chi connectivity index (χ1n) is 9.96. The zero-order chi connectivity index (χ0) is 23.5. The molecule has 0 aliphatic rings. The smallest absolute Gasteiger partial charge is 0.247 e. The van der Waals surface area contributed by atoms with Gasteiger partial charge in [-0.2, -0.15) is 0 Å². The van der Waals surface area contributed by atoms with Gasteiger partial charge in [0.1, 0.15) is 24.0 Å². The number of aliphatic hydroxyl groups excluding tert-OH is 1. The molecule has 1 amide bonds. The van der Waals surface area contributed by atoms with Crippen molar-refractivity contribution in [2.75, 3.05) is 32.7 Å². The van der Waals surface area contributed by atoms with Crippen LogP contribution >= 0.6 is 11.8 Å². The number of hydrogen-bond acceptors (Lipinski definition) is 9. The second kappa shape index (κ2) is 12.8. The Morgan fingerprint density at radius 3 is 2.56 bits per heavy atom. The molecule has 4 N–H and O–H groups in total. The summed E-state index contributed by atoms with van der Waals surface area (Å²) in [7, 11) is 1.59. The molecule has 2 rings (SSSR count). The van der Waals surface area contributed by atoms with Gasteiger partial charge in [-0.1, -0.05) is 11.8 Å². The summed E-state index contributed by atoms with van der Waals surface area (Å²) in [5, 5.41) is 11.9. The first-order chi connectivity index (χ1) is 15.3. The summed E-state index contributed by atoms with van der Waals surface area (Å²) in [5.74, 6) is 1.11. The second-order valence-electron chi connectivity index (χ2n) is 6.79. The number of aromatic nitrogens is 2. The zero-order valence-electron chi connectivity index (χ0n) is 18.4. The average molecular weight is 461 g/mol. The van der Waals surface area contributed by atoms with Crippen LogP contribution in [0.15, 0.2) is 40.9 Å². The number of carbonyl (C=O) groups excluding carboxylic acids is 2. The number of carbonyl (C=O) groups is 2. The number of nitrogens with two attached hydrogens (primary N) is 1. The van der Waals surface area contributed by atoms with E-state index in [2.05, 4.69) is 15.3 Å². The lowest BCUT2D eigenvalue weighted by atomic mass is 10.2. The Hall–Kier alpha value is -2.95. The van der Waals surface area contributed by atoms with Crippen molar-refractivity contribution in [1.29, 1.82) is 0 Å². The molecule has 10 heteroatoms. The molecule has 0 radical (unpaired) electrons. The number of nitrogen functional groups attached to an aromatic ring is 1. The number of thioether (sulfide) groups is 1. The van der Waals surface area contributed by atoms with Crippen molar-refractivity contribution in [2.45, 2.75) is 26.8 Å². The van der Waals surface area contributed by atoms with E-state index in [4.69, 9.17) is 15.2 Å². The molecular weight excluding hydrogens is 432 g/mol. The summed E-state index contributed by atoms with van der Waals surface area (Å²) in [6.07, 6.45) is 1.75. The van der Waals surface area contributed by atoms with E-state index in [1.54, 1.807) is 51.4 Å². The quantitative estimate of drug-likeness (QED) is 0.340. The number of nitrogens with zero attached hydrogens (tertiary/aromatic N) is 2. The van der Waals surface area contributed by atoms with Gasteiger partial charge in [0.15, 0.2) is 0 Å². The highest BCUT2D eigenvalue weighted by atomic mass is 32.2. The van der Waals surface area contributed by atoms with E-state index < -0.39 is 0 Å². The van der Waals surface area contributed by atoms with Crippen molar-refractivity contribution in [2.24, 2.45) is 0 Å². The topological polar surface area (TPSA) is 137 Å². The third kappa shape index (κ3) is 7.63. The maximum absolute atomic E-state index is 12.7. The van der Waals surface area contributed by atoms with Crippen molar-refractivity contribution in [3.63, 3.8) is 0 Å². The Balaban J connectivity index is 2.04. The number of aliphatic hydroxyl groups is 1. The highest BCUT2D eigenvalue weighted by Crippen LogP contribution is 2.28. The average Bonchev–Trinajstić information content (AvgIpc) is 2.78. The predicted octanol–water partition coefficient (Wildman–Crippen LogP) is 2.24. The predicted molar refractivity (Wildman–Crippen MR) is 123 cm³/mol. The molecule has 0 spiro atoms. The number of rotatable bonds is 11. The molecule has 9 nitrogen and oxygen atoms in total. The summed E-state index contributed by atoms with van der Waals surface area (Å²) >= 11 is 0.923. The highest BCUT2D eigenvalue weighted by molar-refractivity contribution is 8.17. The van der Waals surface area contributed by atoms with Crippen LogP contribution in [0, 0.1) is 6.92 Å². The van der Waals surface area contributed by atoms with E-state index in [0.29, 0.717) is 52.2 Å². The fourth-order valence-corrected chi connectivity index (χ4v) is 3.52. The minimum absolute atomic E-state index is 0.151. The van der Waals surface area contributed by atoms with Crippen molar-refractivity contribution >= 4 is 28.6 Å². The van der Waals surface area contributed by atoms with Crippen LogP contribution in [0.1, 0.15) is 35.1 Å². The number of methoxy groups -OCH3 is 1. The summed E-state index contributed by atoms with van der Waals surface area (Å²) < 4.78 is 10.4. The van der Waals surface area contributed by atoms with Crippen LogP contribution in [-0.2, 0) is 16.1 Å². The minimum atomic E-state index is -0.365. The summed E-state index contributed by atoms with van der Waals surface area (Å²) in [5.41, 5.74) is 7.26. The van der Waals surface area contributed by atoms with Crippen molar-refractivity contribution in [3.05, 3.63) is 57.9 Å². The van der Waals surface area contributed by atoms with Crippen molar-refractivity contribution in [3.8, 4) is 5.75 Å². The third-order valence-electron chi connectivity index (χ3n) is 4.42. The van der Waals surface area contributed by atoms with Crippen LogP contribution in [0.25, 0.3) is 0 Å². The lowest BCUT2D eigenvalue weighted by molar-refractivity contribution is -0.117. The van der Waals surface area contributed by atoms with E-state index in [-0.39, 0.29) is 30.6 Å². The summed E-state index contributed by atoms with van der Waals surface area (Å²) in [6.45, 7) is 4.18. The minimum Gasteiger partial charge on any atom is -0.491 e. The van der Waals surface area contributed by atoms with Crippen LogP contribution in [0.5, 0.6) is 5.75 Å². The monoisotopic (exact) mass is 460 g/mol. The lowest BCUT2D eigenvalue weighted by Crippen LogP contribution is -2.25. The molecule has 1 heterocycles. The fraction of sp³-hybridized carbons (Fsp3) is 0.364. The van der Waals surface area contributed by atoms with Gasteiger partial charge >= 0.3 is 0 Å². The molecule has 2 aromatic rings. The van der Waals surface area contributed by atoms with Gasteiger partial charge < -0.3 is 25.6 Å². The van der Waals surface area contributed by atoms with Crippen LogP contribution in [0.2, 0.25) is 0 Å². The number of nitrogens with one attached hydrogen (secondary N) is 1. The molecule has 0 saturated heterocycles. The molecule has 0 unspecified atom stereocenters. The van der Waals surface area contributed by atoms with E-state index in [9.17, 15) is 14.7 Å². The third-order valence-corrected chi connectivity index (χ3v) is 5.60. The van der Waals surface area contributed by atoms with Crippen LogP contribution in [0.3, 0.4) is 0 Å². The zero-order valence-corrected chi connectivity index (χ0v) is 19.2. The standard InChI is InChI=1S/C22H28N4O5S/c1-14(21(28)25-13-17-12-24-15(2)26-20(17)23)19(8-9-27)32-22(29)16-4-6-18(7-5-16)31-11-10-30-3/h4-7,12,27H,8-11,13H2,1-3H3,(H,25,28)(H2,23,24,26)/b19-14-. The normalized spacial score (nSPS) is 11.6. The molecule has 1 aromatic heterocycles. The number of ether oxygens (including phenoxy) is 2. The van der Waals surface area contributed by atoms with Gasteiger partial charge in [-0.25, -0.2) is 9.97 Å². The molecule has 1 aromatic carbocycles. The van der Waals surface area contributed by atoms with Gasteiger partial charge in [0.2, 0.25) is 11.0 Å². The van der Waals surface area contributed by atoms with Gasteiger partial charge in [0.25, 0.3) is 0 Å². The Morgan fingerprint density at radius 1 is 1.22 bits per heavy atom. The molecule has 0 aliphatic heterocycles. The van der Waals surface area contributed by atoms with E-state index in [0.717, 1.165) is 11.8 Å². The summed E-state index contributed by atoms with van der Waals surface area (Å²) in [6, 6.07) is 6.71. The van der Waals surface area contributed by atoms with E-state index in [1.165, 1.54) is 0 Å².